The van der Waals surface area contributed by atoms with E-state index in [1.807, 2.05) is 12.1 Å². The number of thioether (sulfide) groups is 1. The molecule has 1 amide bonds. The molecule has 0 bridgehead atoms. The van der Waals surface area contributed by atoms with Crippen molar-refractivity contribution in [3.63, 3.8) is 0 Å². The highest BCUT2D eigenvalue weighted by Gasteiger charge is 2.19. The van der Waals surface area contributed by atoms with E-state index in [0.29, 0.717) is 21.3 Å². The van der Waals surface area contributed by atoms with Crippen molar-refractivity contribution in [1.29, 1.82) is 0 Å². The van der Waals surface area contributed by atoms with E-state index in [1.54, 1.807) is 24.3 Å². The highest BCUT2D eigenvalue weighted by Crippen LogP contribution is 2.25. The van der Waals surface area contributed by atoms with Gasteiger partial charge in [0.2, 0.25) is 0 Å². The highest BCUT2D eigenvalue weighted by atomic mass is 35.5. The number of carbonyl (C=O) groups excluding carboxylic acids is 3. The van der Waals surface area contributed by atoms with Crippen molar-refractivity contribution in [3.8, 4) is 0 Å². The minimum Gasteiger partial charge on any atom is -0.452 e. The van der Waals surface area contributed by atoms with E-state index in [2.05, 4.69) is 5.32 Å². The molecule has 1 atom stereocenters. The highest BCUT2D eigenvalue weighted by molar-refractivity contribution is 7.99. The van der Waals surface area contributed by atoms with Crippen molar-refractivity contribution in [3.05, 3.63) is 51.2 Å². The van der Waals surface area contributed by atoms with Crippen LogP contribution >= 0.6 is 34.7 Å². The summed E-state index contributed by atoms with van der Waals surface area (Å²) >= 11 is 8.71. The van der Waals surface area contributed by atoms with E-state index in [1.165, 1.54) is 36.9 Å². The molecule has 1 aromatic carbocycles. The first kappa shape index (κ1) is 20.5. The quantitative estimate of drug-likeness (QED) is 0.514. The zero-order valence-corrected chi connectivity index (χ0v) is 16.7. The van der Waals surface area contributed by atoms with Crippen LogP contribution in [0.1, 0.15) is 29.1 Å². The molecular weight excluding hydrogens is 394 g/mol. The van der Waals surface area contributed by atoms with Crippen LogP contribution in [0.25, 0.3) is 0 Å². The van der Waals surface area contributed by atoms with Crippen LogP contribution in [0.2, 0.25) is 4.34 Å². The van der Waals surface area contributed by atoms with Crippen LogP contribution in [0.3, 0.4) is 0 Å². The number of anilines is 1. The number of rotatable bonds is 8. The number of benzene rings is 1. The smallest absolute Gasteiger partial charge is 0.316 e. The number of nitrogens with one attached hydrogen (secondary N) is 1. The van der Waals surface area contributed by atoms with Crippen LogP contribution in [0, 0.1) is 0 Å². The molecule has 0 spiro atoms. The summed E-state index contributed by atoms with van der Waals surface area (Å²) in [6.07, 6.45) is -0.959. The van der Waals surface area contributed by atoms with E-state index in [0.717, 1.165) is 4.88 Å². The Morgan fingerprint density at radius 2 is 1.96 bits per heavy atom. The van der Waals surface area contributed by atoms with Gasteiger partial charge in [0.25, 0.3) is 5.91 Å². The molecule has 0 unspecified atom stereocenters. The maximum absolute atomic E-state index is 12.2. The van der Waals surface area contributed by atoms with Gasteiger partial charge >= 0.3 is 5.97 Å². The van der Waals surface area contributed by atoms with Crippen LogP contribution in [0.15, 0.2) is 36.4 Å². The molecule has 1 heterocycles. The van der Waals surface area contributed by atoms with Crippen molar-refractivity contribution in [2.24, 2.45) is 0 Å². The summed E-state index contributed by atoms with van der Waals surface area (Å²) in [4.78, 5) is 36.7. The lowest BCUT2D eigenvalue weighted by atomic mass is 10.1. The summed E-state index contributed by atoms with van der Waals surface area (Å²) in [7, 11) is 0. The lowest BCUT2D eigenvalue weighted by molar-refractivity contribution is -0.150. The second-order valence-corrected chi connectivity index (χ2v) is 8.21. The Bertz CT molecular complexity index is 806. The number of hydrogen-bond donors (Lipinski definition) is 1. The minimum absolute atomic E-state index is 0.136. The summed E-state index contributed by atoms with van der Waals surface area (Å²) in [6.45, 7) is 2.92. The van der Waals surface area contributed by atoms with Crippen molar-refractivity contribution in [2.45, 2.75) is 25.7 Å². The van der Waals surface area contributed by atoms with Gasteiger partial charge in [-0.1, -0.05) is 23.7 Å². The summed E-state index contributed by atoms with van der Waals surface area (Å²) in [5.74, 6) is -0.325. The number of halogens is 1. The SMILES string of the molecule is CC(=O)c1ccccc1NC(=O)[C@@H](C)OC(=O)CSCc1ccc(Cl)s1. The third kappa shape index (κ3) is 6.16. The number of ether oxygens (including phenoxy) is 1. The van der Waals surface area contributed by atoms with Crippen molar-refractivity contribution >= 4 is 58.0 Å². The molecule has 1 N–H and O–H groups in total. The molecule has 8 heteroatoms. The number of carbonyl (C=O) groups is 3. The lowest BCUT2D eigenvalue weighted by Crippen LogP contribution is -2.31. The monoisotopic (exact) mass is 411 g/mol. The van der Waals surface area contributed by atoms with Crippen molar-refractivity contribution < 1.29 is 19.1 Å². The Labute approximate surface area is 165 Å². The Balaban J connectivity index is 1.81. The number of ketones is 1. The zero-order valence-electron chi connectivity index (χ0n) is 14.3. The Kier molecular flexibility index (Phi) is 7.68. The van der Waals surface area contributed by atoms with Gasteiger partial charge in [0.05, 0.1) is 15.8 Å². The molecule has 0 radical (unpaired) electrons. The van der Waals surface area contributed by atoms with Crippen LogP contribution < -0.4 is 5.32 Å². The minimum atomic E-state index is -0.959. The first-order valence-corrected chi connectivity index (χ1v) is 10.1. The van der Waals surface area contributed by atoms with Crippen molar-refractivity contribution in [2.75, 3.05) is 11.1 Å². The average molecular weight is 412 g/mol. The van der Waals surface area contributed by atoms with E-state index in [4.69, 9.17) is 16.3 Å². The predicted octanol–water partition coefficient (Wildman–Crippen LogP) is 4.41. The van der Waals surface area contributed by atoms with Gasteiger partial charge in [-0.15, -0.1) is 23.1 Å². The summed E-state index contributed by atoms with van der Waals surface area (Å²) in [6, 6.07) is 10.4. The topological polar surface area (TPSA) is 72.5 Å². The molecule has 2 aromatic rings. The van der Waals surface area contributed by atoms with Gasteiger partial charge in [-0.3, -0.25) is 14.4 Å². The third-order valence-corrected chi connectivity index (χ3v) is 5.70. The zero-order chi connectivity index (χ0) is 19.1. The molecule has 0 saturated carbocycles. The normalized spacial score (nSPS) is 11.7. The van der Waals surface area contributed by atoms with Gasteiger partial charge in [-0.05, 0) is 38.1 Å². The Morgan fingerprint density at radius 3 is 2.62 bits per heavy atom. The fourth-order valence-electron chi connectivity index (χ4n) is 2.08. The third-order valence-electron chi connectivity index (χ3n) is 3.33. The van der Waals surface area contributed by atoms with Gasteiger partial charge in [0.15, 0.2) is 11.9 Å². The van der Waals surface area contributed by atoms with Gasteiger partial charge < -0.3 is 10.1 Å². The van der Waals surface area contributed by atoms with Gasteiger partial charge in [-0.25, -0.2) is 0 Å². The van der Waals surface area contributed by atoms with Crippen LogP contribution in [-0.2, 0) is 20.1 Å². The predicted molar refractivity (Wildman–Crippen MR) is 106 cm³/mol. The Hall–Kier alpha value is -1.83. The molecule has 0 fully saturated rings. The largest absolute Gasteiger partial charge is 0.452 e. The fourth-order valence-corrected chi connectivity index (χ4v) is 4.09. The summed E-state index contributed by atoms with van der Waals surface area (Å²) in [5, 5.41) is 2.62. The second-order valence-electron chi connectivity index (χ2n) is 5.42. The molecule has 1 aromatic heterocycles. The molecule has 2 rings (SSSR count). The van der Waals surface area contributed by atoms with Crippen molar-refractivity contribution in [1.82, 2.24) is 0 Å². The average Bonchev–Trinajstić information content (AvgIpc) is 3.00. The number of esters is 1. The van der Waals surface area contributed by atoms with Crippen LogP contribution in [0.4, 0.5) is 5.69 Å². The number of hydrogen-bond acceptors (Lipinski definition) is 6. The van der Waals surface area contributed by atoms with Crippen LogP contribution in [0.5, 0.6) is 0 Å². The molecule has 0 aliphatic heterocycles. The molecule has 5 nitrogen and oxygen atoms in total. The van der Waals surface area contributed by atoms with E-state index in [-0.39, 0.29) is 11.5 Å². The number of thiophene rings is 1. The summed E-state index contributed by atoms with van der Waals surface area (Å²) in [5.41, 5.74) is 0.807. The maximum Gasteiger partial charge on any atom is 0.316 e. The van der Waals surface area contributed by atoms with Gasteiger partial charge in [0.1, 0.15) is 0 Å². The van der Waals surface area contributed by atoms with E-state index in [9.17, 15) is 14.4 Å². The standard InChI is InChI=1S/C18H18ClNO4S2/c1-11(21)14-5-3-4-6-15(14)20-18(23)12(2)24-17(22)10-25-9-13-7-8-16(19)26-13/h3-8,12H,9-10H2,1-2H3,(H,20,23)/t12-/m1/s1. The molecule has 0 aliphatic rings. The van der Waals surface area contributed by atoms with Crippen LogP contribution in [-0.4, -0.2) is 29.5 Å². The number of para-hydroxylation sites is 1. The van der Waals surface area contributed by atoms with Gasteiger partial charge in [0, 0.05) is 16.2 Å². The van der Waals surface area contributed by atoms with Gasteiger partial charge in [-0.2, -0.15) is 0 Å². The number of Topliss-reactive ketones (excluding diaryl/α,β-unsaturated/α-hetero) is 1. The number of amides is 1. The molecule has 0 aliphatic carbocycles. The molecule has 0 saturated heterocycles. The lowest BCUT2D eigenvalue weighted by Gasteiger charge is -2.14. The Morgan fingerprint density at radius 1 is 1.23 bits per heavy atom. The first-order chi connectivity index (χ1) is 12.4. The second kappa shape index (κ2) is 9.75. The van der Waals surface area contributed by atoms with E-state index >= 15 is 0 Å². The first-order valence-electron chi connectivity index (χ1n) is 7.79. The molecule has 26 heavy (non-hydrogen) atoms. The summed E-state index contributed by atoms with van der Waals surface area (Å²) < 4.78 is 5.86. The molecular formula is C18H18ClNO4S2. The molecule has 138 valence electrons. The maximum atomic E-state index is 12.2. The van der Waals surface area contributed by atoms with E-state index < -0.39 is 18.0 Å². The fraction of sp³-hybridized carbons (Fsp3) is 0.278.